The summed E-state index contributed by atoms with van der Waals surface area (Å²) in [5.74, 6) is -0.124. The highest BCUT2D eigenvalue weighted by atomic mass is 16.5. The van der Waals surface area contributed by atoms with Crippen molar-refractivity contribution in [1.29, 1.82) is 0 Å². The highest BCUT2D eigenvalue weighted by Crippen LogP contribution is 2.32. The van der Waals surface area contributed by atoms with E-state index in [1.807, 2.05) is 18.5 Å². The summed E-state index contributed by atoms with van der Waals surface area (Å²) >= 11 is 0. The first-order valence-electron chi connectivity index (χ1n) is 9.92. The molecule has 2 aliphatic rings. The van der Waals surface area contributed by atoms with Gasteiger partial charge in [-0.1, -0.05) is 0 Å². The molecule has 8 nitrogen and oxygen atoms in total. The molecule has 0 saturated carbocycles. The summed E-state index contributed by atoms with van der Waals surface area (Å²) < 4.78 is 13.0. The first kappa shape index (κ1) is 20.3. The molecule has 0 spiro atoms. The van der Waals surface area contributed by atoms with Crippen LogP contribution in [0.1, 0.15) is 54.5 Å². The van der Waals surface area contributed by atoms with Crippen LogP contribution in [0.3, 0.4) is 0 Å². The molecule has 0 bridgehead atoms. The van der Waals surface area contributed by atoms with E-state index in [-0.39, 0.29) is 24.2 Å². The van der Waals surface area contributed by atoms with Crippen LogP contribution in [0.5, 0.6) is 0 Å². The molecule has 0 aliphatic carbocycles. The van der Waals surface area contributed by atoms with Crippen molar-refractivity contribution in [2.75, 3.05) is 39.9 Å². The fraction of sp³-hybridized carbons (Fsp3) is 0.789. The van der Waals surface area contributed by atoms with Gasteiger partial charge in [0.25, 0.3) is 5.91 Å². The van der Waals surface area contributed by atoms with Crippen LogP contribution in [0.15, 0.2) is 0 Å². The first-order valence-corrected chi connectivity index (χ1v) is 9.92. The second-order valence-electron chi connectivity index (χ2n) is 7.55. The van der Waals surface area contributed by atoms with Gasteiger partial charge in [0.2, 0.25) is 0 Å². The van der Waals surface area contributed by atoms with Crippen molar-refractivity contribution in [2.24, 2.45) is 0 Å². The van der Waals surface area contributed by atoms with Gasteiger partial charge in [-0.2, -0.15) is 5.10 Å². The normalized spacial score (nSPS) is 24.0. The molecule has 3 rings (SSSR count). The summed E-state index contributed by atoms with van der Waals surface area (Å²) in [4.78, 5) is 15.1. The molecule has 152 valence electrons. The van der Waals surface area contributed by atoms with Gasteiger partial charge in [-0.05, 0) is 26.7 Å². The third-order valence-electron chi connectivity index (χ3n) is 5.40. The zero-order valence-corrected chi connectivity index (χ0v) is 16.6. The van der Waals surface area contributed by atoms with E-state index in [1.54, 1.807) is 7.11 Å². The van der Waals surface area contributed by atoms with Crippen LogP contribution in [0.25, 0.3) is 0 Å². The molecule has 1 amide bonds. The van der Waals surface area contributed by atoms with Crippen molar-refractivity contribution >= 4 is 5.91 Å². The van der Waals surface area contributed by atoms with E-state index in [0.29, 0.717) is 31.8 Å². The van der Waals surface area contributed by atoms with Gasteiger partial charge in [-0.15, -0.1) is 0 Å². The summed E-state index contributed by atoms with van der Waals surface area (Å²) in [5, 5.41) is 17.2. The molecular weight excluding hydrogens is 348 g/mol. The lowest BCUT2D eigenvalue weighted by atomic mass is 9.99. The average molecular weight is 380 g/mol. The van der Waals surface area contributed by atoms with E-state index < -0.39 is 0 Å². The van der Waals surface area contributed by atoms with E-state index in [0.717, 1.165) is 43.7 Å². The monoisotopic (exact) mass is 380 g/mol. The number of likely N-dealkylation sites (tertiary alicyclic amines) is 1. The topological polar surface area (TPSA) is 88.9 Å². The number of aliphatic hydroxyl groups is 1. The smallest absolute Gasteiger partial charge is 0.272 e. The fourth-order valence-corrected chi connectivity index (χ4v) is 4.00. The number of aromatic nitrogens is 2. The van der Waals surface area contributed by atoms with E-state index in [1.165, 1.54) is 0 Å². The summed E-state index contributed by atoms with van der Waals surface area (Å²) in [6, 6.07) is 0. The molecule has 2 atom stereocenters. The number of rotatable bonds is 7. The number of ether oxygens (including phenoxy) is 2. The Bertz CT molecular complexity index is 640. The maximum Gasteiger partial charge on any atom is 0.272 e. The maximum atomic E-state index is 12.8. The van der Waals surface area contributed by atoms with Gasteiger partial charge < -0.3 is 24.8 Å². The van der Waals surface area contributed by atoms with Crippen LogP contribution in [0.4, 0.5) is 0 Å². The number of aliphatic hydroxyl groups excluding tert-OH is 1. The van der Waals surface area contributed by atoms with Gasteiger partial charge >= 0.3 is 0 Å². The molecule has 27 heavy (non-hydrogen) atoms. The van der Waals surface area contributed by atoms with Crippen molar-refractivity contribution in [2.45, 2.75) is 58.0 Å². The van der Waals surface area contributed by atoms with E-state index in [2.05, 4.69) is 15.3 Å². The van der Waals surface area contributed by atoms with Crippen LogP contribution >= 0.6 is 0 Å². The van der Waals surface area contributed by atoms with Gasteiger partial charge in [0.1, 0.15) is 0 Å². The SMILES string of the molecule is COCCn1nc(C(=O)NCCN2CCC(O)CC2)c2c1[C@H](C)O[C@H](C)C2. The molecule has 8 heteroatoms. The number of methoxy groups -OCH3 is 1. The third kappa shape index (κ3) is 4.87. The number of hydrogen-bond donors (Lipinski definition) is 2. The highest BCUT2D eigenvalue weighted by molar-refractivity contribution is 5.94. The minimum absolute atomic E-state index is 0.0684. The van der Waals surface area contributed by atoms with Gasteiger partial charge in [0.15, 0.2) is 5.69 Å². The van der Waals surface area contributed by atoms with E-state index in [9.17, 15) is 9.90 Å². The minimum atomic E-state index is -0.176. The largest absolute Gasteiger partial charge is 0.393 e. The minimum Gasteiger partial charge on any atom is -0.393 e. The molecule has 1 aromatic rings. The predicted octanol–water partition coefficient (Wildman–Crippen LogP) is 0.738. The Morgan fingerprint density at radius 1 is 1.33 bits per heavy atom. The predicted molar refractivity (Wildman–Crippen MR) is 101 cm³/mol. The standard InChI is InChI=1S/C19H32N4O4/c1-13-12-16-17(21-23(10-11-26-3)18(16)14(2)27-13)19(25)20-6-9-22-7-4-15(24)5-8-22/h13-15,24H,4-12H2,1-3H3,(H,20,25)/t13-,14+/m1/s1. The lowest BCUT2D eigenvalue weighted by molar-refractivity contribution is -0.0101. The molecule has 0 radical (unpaired) electrons. The highest BCUT2D eigenvalue weighted by Gasteiger charge is 2.32. The Kier molecular flexibility index (Phi) is 6.86. The van der Waals surface area contributed by atoms with Gasteiger partial charge in [0.05, 0.1) is 37.2 Å². The van der Waals surface area contributed by atoms with Crippen molar-refractivity contribution in [3.05, 3.63) is 17.0 Å². The van der Waals surface area contributed by atoms with Gasteiger partial charge in [-0.25, -0.2) is 0 Å². The Labute approximate surface area is 160 Å². The first-order chi connectivity index (χ1) is 13.0. The Hall–Kier alpha value is -1.48. The van der Waals surface area contributed by atoms with Crippen molar-refractivity contribution in [3.63, 3.8) is 0 Å². The Morgan fingerprint density at radius 3 is 2.78 bits per heavy atom. The maximum absolute atomic E-state index is 12.8. The zero-order valence-electron chi connectivity index (χ0n) is 16.6. The lowest BCUT2D eigenvalue weighted by Crippen LogP contribution is -2.41. The quantitative estimate of drug-likeness (QED) is 0.725. The van der Waals surface area contributed by atoms with E-state index in [4.69, 9.17) is 9.47 Å². The Morgan fingerprint density at radius 2 is 2.07 bits per heavy atom. The molecule has 2 N–H and O–H groups in total. The Balaban J connectivity index is 1.65. The van der Waals surface area contributed by atoms with E-state index >= 15 is 0 Å². The zero-order chi connectivity index (χ0) is 19.4. The molecule has 0 aromatic carbocycles. The van der Waals surface area contributed by atoms with Gasteiger partial charge in [-0.3, -0.25) is 9.48 Å². The number of piperidine rings is 1. The number of hydrogen-bond acceptors (Lipinski definition) is 6. The van der Waals surface area contributed by atoms with Crippen LogP contribution in [0.2, 0.25) is 0 Å². The van der Waals surface area contributed by atoms with Crippen LogP contribution in [-0.2, 0) is 22.4 Å². The molecule has 3 heterocycles. The average Bonchev–Trinajstić information content (AvgIpc) is 3.00. The van der Waals surface area contributed by atoms with Crippen LogP contribution in [-0.4, -0.2) is 77.8 Å². The molecule has 2 aliphatic heterocycles. The molecule has 0 unspecified atom stereocenters. The molecule has 1 saturated heterocycles. The van der Waals surface area contributed by atoms with Crippen LogP contribution < -0.4 is 5.32 Å². The summed E-state index contributed by atoms with van der Waals surface area (Å²) in [5.41, 5.74) is 2.49. The van der Waals surface area contributed by atoms with Gasteiger partial charge in [0, 0.05) is 45.3 Å². The number of carbonyl (C=O) groups excluding carboxylic acids is 1. The van der Waals surface area contributed by atoms with Crippen molar-refractivity contribution < 1.29 is 19.4 Å². The number of fused-ring (bicyclic) bond motifs is 1. The summed E-state index contributed by atoms with van der Waals surface area (Å²) in [6.07, 6.45) is 2.11. The lowest BCUT2D eigenvalue weighted by Gasteiger charge is -2.29. The number of nitrogens with zero attached hydrogens (tertiary/aromatic N) is 3. The second-order valence-corrected chi connectivity index (χ2v) is 7.55. The van der Waals surface area contributed by atoms with Crippen molar-refractivity contribution in [3.8, 4) is 0 Å². The fourth-order valence-electron chi connectivity index (χ4n) is 4.00. The van der Waals surface area contributed by atoms with Crippen LogP contribution in [0, 0.1) is 0 Å². The second kappa shape index (κ2) is 9.14. The third-order valence-corrected chi connectivity index (χ3v) is 5.40. The number of nitrogens with one attached hydrogen (secondary N) is 1. The summed E-state index contributed by atoms with van der Waals surface area (Å²) in [6.45, 7) is 8.30. The molecule has 1 aromatic heterocycles. The van der Waals surface area contributed by atoms with Crippen molar-refractivity contribution in [1.82, 2.24) is 20.0 Å². The molecule has 1 fully saturated rings. The summed E-state index contributed by atoms with van der Waals surface area (Å²) in [7, 11) is 1.66. The number of amides is 1. The number of carbonyl (C=O) groups is 1. The molecular formula is C19H32N4O4.